The minimum Gasteiger partial charge on any atom is -0.321 e. The van der Waals surface area contributed by atoms with Gasteiger partial charge in [-0.2, -0.15) is 0 Å². The van der Waals surface area contributed by atoms with Crippen molar-refractivity contribution in [2.45, 2.75) is 17.7 Å². The largest absolute Gasteiger partial charge is 0.321 e. The van der Waals surface area contributed by atoms with E-state index in [1.807, 2.05) is 35.2 Å². The number of hydrogen-bond donors (Lipinski definition) is 2. The van der Waals surface area contributed by atoms with Gasteiger partial charge in [0.2, 0.25) is 5.91 Å². The molecule has 3 amide bonds. The van der Waals surface area contributed by atoms with Crippen molar-refractivity contribution < 1.29 is 18.8 Å². The third-order valence-electron chi connectivity index (χ3n) is 6.62. The number of rotatable bonds is 8. The van der Waals surface area contributed by atoms with Crippen LogP contribution in [0.15, 0.2) is 114 Å². The number of nitrogens with one attached hydrogen (secondary N) is 2. The average molecular weight is 566 g/mol. The molecule has 0 saturated carbocycles. The number of carbonyl (C=O) groups is 3. The zero-order chi connectivity index (χ0) is 28.6. The summed E-state index contributed by atoms with van der Waals surface area (Å²) in [7, 11) is 0. The summed E-state index contributed by atoms with van der Waals surface area (Å²) in [6.45, 7) is 0.713. The van der Waals surface area contributed by atoms with Crippen molar-refractivity contribution in [3.05, 3.63) is 131 Å². The second kappa shape index (κ2) is 13.1. The Morgan fingerprint density at radius 1 is 0.854 bits per heavy atom. The zero-order valence-electron chi connectivity index (χ0n) is 22.2. The number of benzene rings is 4. The fourth-order valence-corrected chi connectivity index (χ4v) is 5.31. The molecule has 206 valence electrons. The minimum absolute atomic E-state index is 0.0524. The summed E-state index contributed by atoms with van der Waals surface area (Å²) >= 11 is 1.43. The molecule has 1 aliphatic heterocycles. The van der Waals surface area contributed by atoms with Gasteiger partial charge < -0.3 is 15.5 Å². The van der Waals surface area contributed by atoms with Gasteiger partial charge in [-0.15, -0.1) is 11.8 Å². The molecule has 0 aliphatic carbocycles. The van der Waals surface area contributed by atoms with Crippen molar-refractivity contribution in [1.29, 1.82) is 0 Å². The quantitative estimate of drug-likeness (QED) is 0.194. The number of anilines is 2. The lowest BCUT2D eigenvalue weighted by Crippen LogP contribution is -2.36. The second-order valence-corrected chi connectivity index (χ2v) is 10.5. The summed E-state index contributed by atoms with van der Waals surface area (Å²) in [5.74, 6) is -1.26. The van der Waals surface area contributed by atoms with Crippen LogP contribution in [0.1, 0.15) is 27.9 Å². The fourth-order valence-electron chi connectivity index (χ4n) is 4.54. The highest BCUT2D eigenvalue weighted by molar-refractivity contribution is 8.00. The number of fused-ring (bicyclic) bond motifs is 1. The van der Waals surface area contributed by atoms with Crippen LogP contribution >= 0.6 is 11.8 Å². The number of aryl methyl sites for hydroxylation is 1. The van der Waals surface area contributed by atoms with Crippen LogP contribution in [0.3, 0.4) is 0 Å². The topological polar surface area (TPSA) is 78.5 Å². The summed E-state index contributed by atoms with van der Waals surface area (Å²) in [6, 6.07) is 29.6. The van der Waals surface area contributed by atoms with Crippen molar-refractivity contribution >= 4 is 46.9 Å². The van der Waals surface area contributed by atoms with Crippen LogP contribution in [-0.2, 0) is 16.0 Å². The van der Waals surface area contributed by atoms with Gasteiger partial charge in [-0.05, 0) is 73.0 Å². The standard InChI is InChI=1S/C33H28FN3O3S/c34-28-14-6-4-12-25(28)21-29(36-32(39)24-10-2-1-3-11-24)33(40)35-26-16-18-27(19-17-26)41-22-31(38)37-20-8-13-23-9-5-7-15-30(23)37/h1-7,9-12,14-19,21H,8,13,20,22H2,(H,35,40)(H,36,39)/b29-21-. The molecule has 41 heavy (non-hydrogen) atoms. The van der Waals surface area contributed by atoms with Gasteiger partial charge in [0.05, 0.1) is 5.75 Å². The molecule has 0 bridgehead atoms. The number of carbonyl (C=O) groups excluding carboxylic acids is 3. The summed E-state index contributed by atoms with van der Waals surface area (Å²) in [5.41, 5.74) is 3.10. The van der Waals surface area contributed by atoms with E-state index >= 15 is 0 Å². The lowest BCUT2D eigenvalue weighted by atomic mass is 10.0. The van der Waals surface area contributed by atoms with Crippen LogP contribution in [0.25, 0.3) is 6.08 Å². The molecule has 0 aromatic heterocycles. The Balaban J connectivity index is 1.24. The van der Waals surface area contributed by atoms with Crippen molar-refractivity contribution in [3.63, 3.8) is 0 Å². The van der Waals surface area contributed by atoms with Crippen LogP contribution in [-0.4, -0.2) is 30.0 Å². The monoisotopic (exact) mass is 565 g/mol. The summed E-state index contributed by atoms with van der Waals surface area (Å²) < 4.78 is 14.3. The Morgan fingerprint density at radius 3 is 2.34 bits per heavy atom. The number of thioether (sulfide) groups is 1. The third-order valence-corrected chi connectivity index (χ3v) is 7.62. The van der Waals surface area contributed by atoms with E-state index in [1.165, 1.54) is 35.5 Å². The molecule has 4 aromatic carbocycles. The zero-order valence-corrected chi connectivity index (χ0v) is 23.0. The maximum absolute atomic E-state index is 14.3. The molecule has 1 heterocycles. The van der Waals surface area contributed by atoms with Gasteiger partial charge in [-0.25, -0.2) is 4.39 Å². The van der Waals surface area contributed by atoms with Gasteiger partial charge in [0.15, 0.2) is 0 Å². The predicted octanol–water partition coefficient (Wildman–Crippen LogP) is 6.31. The van der Waals surface area contributed by atoms with E-state index in [9.17, 15) is 18.8 Å². The number of nitrogens with zero attached hydrogens (tertiary/aromatic N) is 1. The molecule has 0 spiro atoms. The van der Waals surface area contributed by atoms with E-state index in [0.717, 1.165) is 23.4 Å². The highest BCUT2D eigenvalue weighted by Crippen LogP contribution is 2.28. The molecule has 6 nitrogen and oxygen atoms in total. The molecule has 1 aliphatic rings. The van der Waals surface area contributed by atoms with E-state index in [1.54, 1.807) is 54.6 Å². The number of para-hydroxylation sites is 1. The summed E-state index contributed by atoms with van der Waals surface area (Å²) in [6.07, 6.45) is 3.23. The van der Waals surface area contributed by atoms with E-state index in [2.05, 4.69) is 16.7 Å². The first-order valence-corrected chi connectivity index (χ1v) is 14.2. The SMILES string of the molecule is O=C(Nc1ccc(SCC(=O)N2CCCc3ccccc32)cc1)/C(=C/c1ccccc1F)NC(=O)c1ccccc1. The second-order valence-electron chi connectivity index (χ2n) is 9.44. The third kappa shape index (κ3) is 7.10. The number of amides is 3. The Labute approximate surface area is 242 Å². The lowest BCUT2D eigenvalue weighted by molar-refractivity contribution is -0.116. The van der Waals surface area contributed by atoms with Crippen molar-refractivity contribution in [1.82, 2.24) is 5.32 Å². The Morgan fingerprint density at radius 2 is 1.56 bits per heavy atom. The van der Waals surface area contributed by atoms with Crippen LogP contribution in [0.4, 0.5) is 15.8 Å². The molecular formula is C33H28FN3O3S. The van der Waals surface area contributed by atoms with E-state index in [4.69, 9.17) is 0 Å². The molecule has 0 atom stereocenters. The Bertz CT molecular complexity index is 1590. The van der Waals surface area contributed by atoms with Crippen LogP contribution in [0.5, 0.6) is 0 Å². The maximum Gasteiger partial charge on any atom is 0.272 e. The van der Waals surface area contributed by atoms with Gasteiger partial charge in [0.25, 0.3) is 11.8 Å². The first-order valence-electron chi connectivity index (χ1n) is 13.2. The van der Waals surface area contributed by atoms with Crippen LogP contribution in [0, 0.1) is 5.82 Å². The number of halogens is 1. The smallest absolute Gasteiger partial charge is 0.272 e. The van der Waals surface area contributed by atoms with E-state index < -0.39 is 17.6 Å². The van der Waals surface area contributed by atoms with Crippen molar-refractivity contribution in [3.8, 4) is 0 Å². The molecule has 0 fully saturated rings. The molecule has 0 unspecified atom stereocenters. The van der Waals surface area contributed by atoms with Gasteiger partial charge in [0, 0.05) is 33.9 Å². The van der Waals surface area contributed by atoms with Gasteiger partial charge in [-0.3, -0.25) is 14.4 Å². The molecule has 0 radical (unpaired) electrons. The van der Waals surface area contributed by atoms with Crippen LogP contribution in [0.2, 0.25) is 0 Å². The summed E-state index contributed by atoms with van der Waals surface area (Å²) in [4.78, 5) is 41.7. The molecular weight excluding hydrogens is 537 g/mol. The maximum atomic E-state index is 14.3. The molecule has 2 N–H and O–H groups in total. The van der Waals surface area contributed by atoms with Gasteiger partial charge in [-0.1, -0.05) is 54.6 Å². The van der Waals surface area contributed by atoms with Crippen LogP contribution < -0.4 is 15.5 Å². The molecule has 8 heteroatoms. The molecule has 5 rings (SSSR count). The normalized spacial score (nSPS) is 12.8. The molecule has 0 saturated heterocycles. The summed E-state index contributed by atoms with van der Waals surface area (Å²) in [5, 5.41) is 5.37. The van der Waals surface area contributed by atoms with Crippen molar-refractivity contribution in [2.24, 2.45) is 0 Å². The van der Waals surface area contributed by atoms with E-state index in [-0.39, 0.29) is 17.2 Å². The van der Waals surface area contributed by atoms with Gasteiger partial charge >= 0.3 is 0 Å². The fraction of sp³-hybridized carbons (Fsp3) is 0.121. The molecule has 4 aromatic rings. The highest BCUT2D eigenvalue weighted by Gasteiger charge is 2.22. The Hall–Kier alpha value is -4.69. The minimum atomic E-state index is -0.600. The lowest BCUT2D eigenvalue weighted by Gasteiger charge is -2.29. The van der Waals surface area contributed by atoms with E-state index in [0.29, 0.717) is 23.5 Å². The average Bonchev–Trinajstić information content (AvgIpc) is 3.01. The predicted molar refractivity (Wildman–Crippen MR) is 161 cm³/mol. The first-order chi connectivity index (χ1) is 20.0. The first kappa shape index (κ1) is 27.9. The Kier molecular flexibility index (Phi) is 8.91. The number of hydrogen-bond acceptors (Lipinski definition) is 4. The van der Waals surface area contributed by atoms with Gasteiger partial charge in [0.1, 0.15) is 11.5 Å². The highest BCUT2D eigenvalue weighted by atomic mass is 32.2. The van der Waals surface area contributed by atoms with Crippen molar-refractivity contribution in [2.75, 3.05) is 22.5 Å².